The number of morpholine rings is 1. The molecule has 0 bridgehead atoms. The predicted octanol–water partition coefficient (Wildman–Crippen LogP) is 4.12. The highest BCUT2D eigenvalue weighted by molar-refractivity contribution is 5.68. The van der Waals surface area contributed by atoms with Crippen molar-refractivity contribution in [3.8, 4) is 16.9 Å². The first kappa shape index (κ1) is 23.1. The van der Waals surface area contributed by atoms with Crippen molar-refractivity contribution >= 4 is 0 Å². The van der Waals surface area contributed by atoms with Crippen molar-refractivity contribution in [2.75, 3.05) is 39.4 Å². The summed E-state index contributed by atoms with van der Waals surface area (Å²) in [5, 5.41) is 14.3. The maximum atomic E-state index is 10.7. The van der Waals surface area contributed by atoms with E-state index in [-0.39, 0.29) is 6.04 Å². The second-order valence-corrected chi connectivity index (χ2v) is 9.26. The molecule has 1 fully saturated rings. The van der Waals surface area contributed by atoms with Gasteiger partial charge in [0.25, 0.3) is 0 Å². The Hall–Kier alpha value is -2.70. The van der Waals surface area contributed by atoms with Crippen LogP contribution in [-0.2, 0) is 17.8 Å². The van der Waals surface area contributed by atoms with Crippen LogP contribution in [0.4, 0.5) is 0 Å². The van der Waals surface area contributed by atoms with Gasteiger partial charge in [-0.25, -0.2) is 0 Å². The Bertz CT molecular complexity index is 1100. The molecular formula is C29H34N2O3. The molecule has 2 atom stereocenters. The lowest BCUT2D eigenvalue weighted by molar-refractivity contribution is 0.0372. The zero-order valence-electron chi connectivity index (χ0n) is 19.9. The van der Waals surface area contributed by atoms with Crippen molar-refractivity contribution in [1.82, 2.24) is 10.2 Å². The minimum atomic E-state index is -0.403. The fourth-order valence-corrected chi connectivity index (χ4v) is 5.08. The summed E-state index contributed by atoms with van der Waals surface area (Å²) in [6, 6.07) is 23.1. The van der Waals surface area contributed by atoms with Gasteiger partial charge in [-0.1, -0.05) is 54.6 Å². The maximum Gasteiger partial charge on any atom is 0.120 e. The fourth-order valence-electron chi connectivity index (χ4n) is 5.08. The van der Waals surface area contributed by atoms with E-state index in [9.17, 15) is 5.11 Å². The number of nitrogens with zero attached hydrogens (tertiary/aromatic N) is 1. The van der Waals surface area contributed by atoms with Gasteiger partial charge < -0.3 is 19.9 Å². The number of aliphatic hydroxyl groups is 1. The van der Waals surface area contributed by atoms with E-state index in [0.29, 0.717) is 13.0 Å². The number of hydrogen-bond donors (Lipinski definition) is 2. The van der Waals surface area contributed by atoms with Crippen molar-refractivity contribution in [2.24, 2.45) is 0 Å². The van der Waals surface area contributed by atoms with E-state index >= 15 is 0 Å². The Morgan fingerprint density at radius 3 is 2.68 bits per heavy atom. The average molecular weight is 459 g/mol. The van der Waals surface area contributed by atoms with Gasteiger partial charge in [0.2, 0.25) is 0 Å². The molecule has 5 rings (SSSR count). The molecule has 0 unspecified atom stereocenters. The molecule has 3 aromatic carbocycles. The number of nitrogens with one attached hydrogen (secondary N) is 1. The smallest absolute Gasteiger partial charge is 0.120 e. The minimum absolute atomic E-state index is 0.0186. The zero-order valence-corrected chi connectivity index (χ0v) is 19.9. The average Bonchev–Trinajstić information content (AvgIpc) is 3.19. The lowest BCUT2D eigenvalue weighted by Crippen LogP contribution is -2.41. The van der Waals surface area contributed by atoms with Crippen molar-refractivity contribution < 1.29 is 14.6 Å². The summed E-state index contributed by atoms with van der Waals surface area (Å²) in [4.78, 5) is 2.41. The topological polar surface area (TPSA) is 54.0 Å². The van der Waals surface area contributed by atoms with Gasteiger partial charge in [-0.05, 0) is 52.4 Å². The summed E-state index contributed by atoms with van der Waals surface area (Å²) >= 11 is 0. The highest BCUT2D eigenvalue weighted by Gasteiger charge is 2.31. The summed E-state index contributed by atoms with van der Waals surface area (Å²) in [7, 11) is 0. The number of rotatable bonds is 8. The van der Waals surface area contributed by atoms with E-state index in [0.717, 1.165) is 45.1 Å². The van der Waals surface area contributed by atoms with Crippen molar-refractivity contribution in [3.63, 3.8) is 0 Å². The van der Waals surface area contributed by atoms with Crippen LogP contribution in [0.5, 0.6) is 5.75 Å². The Labute approximate surface area is 202 Å². The van der Waals surface area contributed by atoms with Crippen LogP contribution in [0.15, 0.2) is 66.7 Å². The standard InChI is InChI=1S/C29H34N2O3/c1-21-23(8-5-9-26(21)22-6-3-2-4-7-22)20-34-25-10-11-27-24(18-25)19-28(32)29(27)30-12-13-31-14-16-33-17-15-31/h2-11,18,28-30,32H,12-17,19-20H2,1H3/t28-,29+/m0/s1. The van der Waals surface area contributed by atoms with Crippen LogP contribution in [0.2, 0.25) is 0 Å². The molecule has 2 N–H and O–H groups in total. The van der Waals surface area contributed by atoms with Gasteiger partial charge in [0.15, 0.2) is 0 Å². The molecule has 1 saturated heterocycles. The summed E-state index contributed by atoms with van der Waals surface area (Å²) in [5.74, 6) is 0.851. The molecule has 178 valence electrons. The number of fused-ring (bicyclic) bond motifs is 1. The van der Waals surface area contributed by atoms with Gasteiger partial charge in [0.05, 0.1) is 25.4 Å². The number of ether oxygens (including phenoxy) is 2. The molecule has 0 spiro atoms. The molecule has 5 heteroatoms. The highest BCUT2D eigenvalue weighted by Crippen LogP contribution is 2.34. The molecule has 1 aliphatic heterocycles. The molecule has 3 aromatic rings. The van der Waals surface area contributed by atoms with E-state index in [1.807, 2.05) is 12.1 Å². The van der Waals surface area contributed by atoms with Crippen LogP contribution >= 0.6 is 0 Å². The lowest BCUT2D eigenvalue weighted by Gasteiger charge is -2.27. The van der Waals surface area contributed by atoms with Crippen LogP contribution in [0.3, 0.4) is 0 Å². The van der Waals surface area contributed by atoms with E-state index < -0.39 is 6.10 Å². The molecule has 1 aliphatic carbocycles. The molecule has 0 saturated carbocycles. The number of aliphatic hydroxyl groups excluding tert-OH is 1. The Morgan fingerprint density at radius 1 is 1.03 bits per heavy atom. The van der Waals surface area contributed by atoms with Gasteiger partial charge in [-0.3, -0.25) is 4.90 Å². The summed E-state index contributed by atoms with van der Waals surface area (Å²) in [6.45, 7) is 8.12. The van der Waals surface area contributed by atoms with Crippen LogP contribution < -0.4 is 10.1 Å². The molecule has 5 nitrogen and oxygen atoms in total. The molecule has 34 heavy (non-hydrogen) atoms. The second kappa shape index (κ2) is 10.7. The van der Waals surface area contributed by atoms with E-state index in [2.05, 4.69) is 71.7 Å². The summed E-state index contributed by atoms with van der Waals surface area (Å²) < 4.78 is 11.6. The third-order valence-corrected chi connectivity index (χ3v) is 7.08. The van der Waals surface area contributed by atoms with Crippen molar-refractivity contribution in [1.29, 1.82) is 0 Å². The Kier molecular flexibility index (Phi) is 7.26. The van der Waals surface area contributed by atoms with E-state index in [1.165, 1.54) is 33.4 Å². The molecule has 1 heterocycles. The summed E-state index contributed by atoms with van der Waals surface area (Å²) in [5.41, 5.74) is 7.25. The third kappa shape index (κ3) is 5.18. The van der Waals surface area contributed by atoms with Gasteiger partial charge in [-0.2, -0.15) is 0 Å². The van der Waals surface area contributed by atoms with Crippen LogP contribution in [-0.4, -0.2) is 55.5 Å². The first-order valence-corrected chi connectivity index (χ1v) is 12.3. The molecule has 0 radical (unpaired) electrons. The Balaban J connectivity index is 1.21. The van der Waals surface area contributed by atoms with Crippen molar-refractivity contribution in [2.45, 2.75) is 32.1 Å². The molecule has 0 amide bonds. The van der Waals surface area contributed by atoms with E-state index in [1.54, 1.807) is 0 Å². The fraction of sp³-hybridized carbons (Fsp3) is 0.379. The van der Waals surface area contributed by atoms with Crippen LogP contribution in [0, 0.1) is 6.92 Å². The largest absolute Gasteiger partial charge is 0.489 e. The van der Waals surface area contributed by atoms with Crippen molar-refractivity contribution in [3.05, 3.63) is 89.0 Å². The van der Waals surface area contributed by atoms with Gasteiger partial charge in [0, 0.05) is 32.6 Å². The predicted molar refractivity (Wildman–Crippen MR) is 135 cm³/mol. The summed E-state index contributed by atoms with van der Waals surface area (Å²) in [6.07, 6.45) is 0.254. The van der Waals surface area contributed by atoms with Gasteiger partial charge in [-0.15, -0.1) is 0 Å². The normalized spacial score (nSPS) is 20.3. The molecular weight excluding hydrogens is 424 g/mol. The molecule has 0 aromatic heterocycles. The molecule has 2 aliphatic rings. The SMILES string of the molecule is Cc1c(COc2ccc3c(c2)C[C@H](O)[C@@H]3NCCN2CCOCC2)cccc1-c1ccccc1. The monoisotopic (exact) mass is 458 g/mol. The third-order valence-electron chi connectivity index (χ3n) is 7.08. The van der Waals surface area contributed by atoms with E-state index in [4.69, 9.17) is 9.47 Å². The number of benzene rings is 3. The highest BCUT2D eigenvalue weighted by atomic mass is 16.5. The van der Waals surface area contributed by atoms with Crippen LogP contribution in [0.25, 0.3) is 11.1 Å². The quantitative estimate of drug-likeness (QED) is 0.532. The van der Waals surface area contributed by atoms with Crippen LogP contribution in [0.1, 0.15) is 28.3 Å². The lowest BCUT2D eigenvalue weighted by atomic mass is 9.97. The Morgan fingerprint density at radius 2 is 1.85 bits per heavy atom. The minimum Gasteiger partial charge on any atom is -0.489 e. The maximum absolute atomic E-state index is 10.7. The second-order valence-electron chi connectivity index (χ2n) is 9.26. The zero-order chi connectivity index (χ0) is 23.3. The van der Waals surface area contributed by atoms with Gasteiger partial charge in [0.1, 0.15) is 12.4 Å². The number of hydrogen-bond acceptors (Lipinski definition) is 5. The first-order valence-electron chi connectivity index (χ1n) is 12.3. The van der Waals surface area contributed by atoms with Gasteiger partial charge >= 0.3 is 0 Å². The first-order chi connectivity index (χ1) is 16.7.